The minimum absolute atomic E-state index is 0.0316. The van der Waals surface area contributed by atoms with Gasteiger partial charge in [-0.3, -0.25) is 9.59 Å². The second-order valence-corrected chi connectivity index (χ2v) is 8.36. The molecule has 0 unspecified atom stereocenters. The standard InChI is InChI=1S/C22H24BNO8/c1-22(2,3)21(28)31-12-30-20(27)16-6-4-5-14-11-17(23(29)32-18(14)16)24-19(26)13-7-9-15(25)10-8-13/h4-10,17,25,29H,11-12H2,1-3H3,(H,24,26)/t17-/m0/s1. The molecule has 2 aromatic carbocycles. The Bertz CT molecular complexity index is 1020. The van der Waals surface area contributed by atoms with Crippen molar-refractivity contribution < 1.29 is 38.6 Å². The van der Waals surface area contributed by atoms with E-state index in [9.17, 15) is 24.5 Å². The maximum Gasteiger partial charge on any atom is 0.547 e. The molecule has 9 nitrogen and oxygen atoms in total. The highest BCUT2D eigenvalue weighted by molar-refractivity contribution is 6.47. The van der Waals surface area contributed by atoms with Gasteiger partial charge in [0.2, 0.25) is 6.79 Å². The predicted molar refractivity (Wildman–Crippen MR) is 114 cm³/mol. The molecule has 0 aromatic heterocycles. The Hall–Kier alpha value is -3.53. The number of amides is 1. The third-order valence-corrected chi connectivity index (χ3v) is 4.78. The highest BCUT2D eigenvalue weighted by atomic mass is 16.7. The minimum Gasteiger partial charge on any atom is -0.534 e. The molecule has 1 aliphatic rings. The number of hydrogen-bond acceptors (Lipinski definition) is 8. The van der Waals surface area contributed by atoms with Gasteiger partial charge in [0.05, 0.1) is 11.4 Å². The number of benzene rings is 2. The molecule has 1 atom stereocenters. The molecule has 3 N–H and O–H groups in total. The van der Waals surface area contributed by atoms with Crippen LogP contribution in [0, 0.1) is 5.41 Å². The van der Waals surface area contributed by atoms with Crippen LogP contribution >= 0.6 is 0 Å². The lowest BCUT2D eigenvalue weighted by molar-refractivity contribution is -0.161. The van der Waals surface area contributed by atoms with E-state index in [1.807, 2.05) is 0 Å². The third-order valence-electron chi connectivity index (χ3n) is 4.78. The average molecular weight is 441 g/mol. The Labute approximate surface area is 185 Å². The second kappa shape index (κ2) is 9.31. The summed E-state index contributed by atoms with van der Waals surface area (Å²) in [7, 11) is -1.41. The average Bonchev–Trinajstić information content (AvgIpc) is 2.73. The Kier molecular flexibility index (Phi) is 6.74. The summed E-state index contributed by atoms with van der Waals surface area (Å²) >= 11 is 0. The van der Waals surface area contributed by atoms with Crippen LogP contribution in [0.2, 0.25) is 0 Å². The Balaban J connectivity index is 1.66. The van der Waals surface area contributed by atoms with E-state index in [4.69, 9.17) is 14.1 Å². The Morgan fingerprint density at radius 1 is 1.12 bits per heavy atom. The Morgan fingerprint density at radius 3 is 2.47 bits per heavy atom. The van der Waals surface area contributed by atoms with Crippen molar-refractivity contribution in [2.75, 3.05) is 6.79 Å². The van der Waals surface area contributed by atoms with Crippen LogP contribution in [0.15, 0.2) is 42.5 Å². The van der Waals surface area contributed by atoms with Crippen molar-refractivity contribution in [1.82, 2.24) is 5.32 Å². The summed E-state index contributed by atoms with van der Waals surface area (Å²) in [5.74, 6) is -2.33. The van der Waals surface area contributed by atoms with E-state index < -0.39 is 43.1 Å². The van der Waals surface area contributed by atoms with Gasteiger partial charge in [-0.15, -0.1) is 0 Å². The van der Waals surface area contributed by atoms with E-state index in [1.54, 1.807) is 32.9 Å². The molecular weight excluding hydrogens is 417 g/mol. The van der Waals surface area contributed by atoms with E-state index in [0.717, 1.165) is 0 Å². The molecule has 1 amide bonds. The van der Waals surface area contributed by atoms with Gasteiger partial charge in [-0.25, -0.2) is 4.79 Å². The van der Waals surface area contributed by atoms with Gasteiger partial charge in [-0.1, -0.05) is 12.1 Å². The molecule has 0 spiro atoms. The zero-order chi connectivity index (χ0) is 23.5. The maximum atomic E-state index is 12.5. The number of phenolic OH excluding ortho intramolecular Hbond substituents is 1. The predicted octanol–water partition coefficient (Wildman–Crippen LogP) is 1.85. The van der Waals surface area contributed by atoms with Crippen LogP contribution in [0.5, 0.6) is 11.5 Å². The molecule has 0 saturated heterocycles. The number of aromatic hydroxyl groups is 1. The van der Waals surface area contributed by atoms with E-state index in [1.165, 1.54) is 30.3 Å². The maximum absolute atomic E-state index is 12.5. The smallest absolute Gasteiger partial charge is 0.534 e. The minimum atomic E-state index is -1.41. The second-order valence-electron chi connectivity index (χ2n) is 8.36. The van der Waals surface area contributed by atoms with Crippen molar-refractivity contribution in [3.8, 4) is 11.5 Å². The zero-order valence-corrected chi connectivity index (χ0v) is 18.0. The van der Waals surface area contributed by atoms with Gasteiger partial charge >= 0.3 is 19.1 Å². The SMILES string of the molecule is CC(C)(C)C(=O)OCOC(=O)c1cccc2c1OB(O)[C@@H](NC(=O)c1ccc(O)cc1)C2. The fourth-order valence-electron chi connectivity index (χ4n) is 3.00. The summed E-state index contributed by atoms with van der Waals surface area (Å²) in [6.07, 6.45) is 0.209. The zero-order valence-electron chi connectivity index (χ0n) is 18.0. The quantitative estimate of drug-likeness (QED) is 0.364. The molecule has 0 aliphatic carbocycles. The van der Waals surface area contributed by atoms with Crippen LogP contribution in [0.25, 0.3) is 0 Å². The molecule has 0 fully saturated rings. The van der Waals surface area contributed by atoms with Gasteiger partial charge in [0, 0.05) is 5.56 Å². The number of carbonyl (C=O) groups is 3. The summed E-state index contributed by atoms with van der Waals surface area (Å²) in [6, 6.07) is 10.5. The number of rotatable bonds is 5. The van der Waals surface area contributed by atoms with Crippen molar-refractivity contribution in [3.63, 3.8) is 0 Å². The molecule has 0 radical (unpaired) electrons. The first-order valence-corrected chi connectivity index (χ1v) is 9.97. The summed E-state index contributed by atoms with van der Waals surface area (Å²) in [4.78, 5) is 36.7. The fraction of sp³-hybridized carbons (Fsp3) is 0.318. The molecule has 3 rings (SSSR count). The molecule has 10 heteroatoms. The van der Waals surface area contributed by atoms with Crippen molar-refractivity contribution in [2.45, 2.75) is 33.1 Å². The summed E-state index contributed by atoms with van der Waals surface area (Å²) in [5.41, 5.74) is 0.234. The summed E-state index contributed by atoms with van der Waals surface area (Å²) in [5, 5.41) is 22.4. The third kappa shape index (κ3) is 5.39. The van der Waals surface area contributed by atoms with Gasteiger partial charge < -0.3 is 29.6 Å². The normalized spacial score (nSPS) is 15.2. The van der Waals surface area contributed by atoms with E-state index in [0.29, 0.717) is 11.1 Å². The highest BCUT2D eigenvalue weighted by Crippen LogP contribution is 2.31. The highest BCUT2D eigenvalue weighted by Gasteiger charge is 2.38. The van der Waals surface area contributed by atoms with Gasteiger partial charge in [-0.2, -0.15) is 0 Å². The number of esters is 2. The van der Waals surface area contributed by atoms with Crippen molar-refractivity contribution >= 4 is 25.0 Å². The van der Waals surface area contributed by atoms with Crippen LogP contribution in [-0.2, 0) is 20.7 Å². The lowest BCUT2D eigenvalue weighted by atomic mass is 9.72. The largest absolute Gasteiger partial charge is 0.547 e. The number of carbonyl (C=O) groups excluding carboxylic acids is 3. The van der Waals surface area contributed by atoms with Gasteiger partial charge in [0.25, 0.3) is 5.91 Å². The van der Waals surface area contributed by atoms with Gasteiger partial charge in [0.15, 0.2) is 0 Å². The lowest BCUT2D eigenvalue weighted by Crippen LogP contribution is -2.53. The van der Waals surface area contributed by atoms with Crippen LogP contribution in [-0.4, -0.2) is 47.8 Å². The van der Waals surface area contributed by atoms with Crippen molar-refractivity contribution in [2.24, 2.45) is 5.41 Å². The number of hydrogen-bond donors (Lipinski definition) is 3. The lowest BCUT2D eigenvalue weighted by Gasteiger charge is -2.29. The molecule has 1 aliphatic heterocycles. The number of fused-ring (bicyclic) bond motifs is 1. The number of phenols is 1. The van der Waals surface area contributed by atoms with Crippen LogP contribution < -0.4 is 9.97 Å². The molecule has 2 aromatic rings. The number of ether oxygens (including phenoxy) is 2. The van der Waals surface area contributed by atoms with Gasteiger partial charge in [-0.05, 0) is 63.1 Å². The molecule has 0 saturated carbocycles. The van der Waals surface area contributed by atoms with Gasteiger partial charge in [0.1, 0.15) is 17.1 Å². The molecule has 32 heavy (non-hydrogen) atoms. The van der Waals surface area contributed by atoms with E-state index in [-0.39, 0.29) is 23.5 Å². The van der Waals surface area contributed by atoms with Crippen LogP contribution in [0.4, 0.5) is 0 Å². The first-order valence-electron chi connectivity index (χ1n) is 9.97. The fourth-order valence-corrected chi connectivity index (χ4v) is 3.00. The van der Waals surface area contributed by atoms with Crippen LogP contribution in [0.3, 0.4) is 0 Å². The first-order chi connectivity index (χ1) is 15.1. The van der Waals surface area contributed by atoms with E-state index >= 15 is 0 Å². The van der Waals surface area contributed by atoms with E-state index in [2.05, 4.69) is 5.32 Å². The number of nitrogens with one attached hydrogen (secondary N) is 1. The topological polar surface area (TPSA) is 131 Å². The molecule has 0 bridgehead atoms. The molecule has 1 heterocycles. The van der Waals surface area contributed by atoms with Crippen molar-refractivity contribution in [1.29, 1.82) is 0 Å². The molecular formula is C22H24BNO8. The number of para-hydroxylation sites is 1. The monoisotopic (exact) mass is 441 g/mol. The summed E-state index contributed by atoms with van der Waals surface area (Å²) in [6.45, 7) is 4.48. The Morgan fingerprint density at radius 2 is 1.81 bits per heavy atom. The van der Waals surface area contributed by atoms with Crippen molar-refractivity contribution in [3.05, 3.63) is 59.2 Å². The first kappa shape index (κ1) is 23.1. The van der Waals surface area contributed by atoms with Crippen LogP contribution in [0.1, 0.15) is 47.1 Å². The summed E-state index contributed by atoms with van der Waals surface area (Å²) < 4.78 is 15.5. The molecule has 168 valence electrons.